The van der Waals surface area contributed by atoms with Gasteiger partial charge in [-0.25, -0.2) is 8.42 Å². The third kappa shape index (κ3) is 3.96. The second-order valence-corrected chi connectivity index (χ2v) is 9.61. The van der Waals surface area contributed by atoms with Gasteiger partial charge in [-0.2, -0.15) is 4.31 Å². The molecule has 0 aliphatic carbocycles. The molecule has 1 aliphatic rings. The summed E-state index contributed by atoms with van der Waals surface area (Å²) in [5, 5.41) is 0. The standard InChI is InChI=1S/C25H25NO6S/c1-16-9-11-18(12-10-16)33(28,29)26-15-21(27)19-7-5-6-8-20(19)25(26)24-22(31-3)13-17(30-2)14-23(24)32-4/h5-14,25H,15H2,1-4H3/t25-/m0/s1. The zero-order valence-corrected chi connectivity index (χ0v) is 19.7. The van der Waals surface area contributed by atoms with Gasteiger partial charge in [0.15, 0.2) is 5.78 Å². The van der Waals surface area contributed by atoms with E-state index < -0.39 is 16.1 Å². The number of Topliss-reactive ketones (excluding diaryl/α,β-unsaturated/α-hetero) is 1. The summed E-state index contributed by atoms with van der Waals surface area (Å²) in [4.78, 5) is 13.1. The summed E-state index contributed by atoms with van der Waals surface area (Å²) < 4.78 is 45.5. The van der Waals surface area contributed by atoms with Gasteiger partial charge in [0.25, 0.3) is 0 Å². The third-order valence-electron chi connectivity index (χ3n) is 5.80. The van der Waals surface area contributed by atoms with Crippen LogP contribution < -0.4 is 14.2 Å². The van der Waals surface area contributed by atoms with Gasteiger partial charge in [0, 0.05) is 17.7 Å². The number of sulfonamides is 1. The normalized spacial score (nSPS) is 16.2. The maximum absolute atomic E-state index is 13.8. The number of hydrogen-bond acceptors (Lipinski definition) is 6. The van der Waals surface area contributed by atoms with Gasteiger partial charge in [0.1, 0.15) is 17.2 Å². The Hall–Kier alpha value is -3.36. The predicted octanol–water partition coefficient (Wildman–Crippen LogP) is 4.00. The molecular formula is C25H25NO6S. The highest BCUT2D eigenvalue weighted by Gasteiger charge is 2.43. The van der Waals surface area contributed by atoms with E-state index in [0.717, 1.165) is 5.56 Å². The highest BCUT2D eigenvalue weighted by atomic mass is 32.2. The van der Waals surface area contributed by atoms with Crippen LogP contribution in [0.15, 0.2) is 65.6 Å². The molecule has 0 fully saturated rings. The van der Waals surface area contributed by atoms with Crippen molar-refractivity contribution in [3.05, 3.63) is 82.9 Å². The summed E-state index contributed by atoms with van der Waals surface area (Å²) in [6.07, 6.45) is 0. The third-order valence-corrected chi connectivity index (χ3v) is 7.62. The van der Waals surface area contributed by atoms with Crippen molar-refractivity contribution >= 4 is 15.8 Å². The van der Waals surface area contributed by atoms with E-state index in [-0.39, 0.29) is 17.2 Å². The molecule has 0 saturated carbocycles. The Morgan fingerprint density at radius 1 is 0.879 bits per heavy atom. The van der Waals surface area contributed by atoms with Crippen molar-refractivity contribution in [2.75, 3.05) is 27.9 Å². The molecule has 3 aromatic rings. The lowest BCUT2D eigenvalue weighted by Crippen LogP contribution is -2.43. The number of benzene rings is 3. The zero-order valence-electron chi connectivity index (χ0n) is 18.9. The molecule has 0 radical (unpaired) electrons. The van der Waals surface area contributed by atoms with E-state index in [4.69, 9.17) is 14.2 Å². The number of hydrogen-bond donors (Lipinski definition) is 0. The number of carbonyl (C=O) groups is 1. The van der Waals surface area contributed by atoms with Crippen LogP contribution in [0.4, 0.5) is 0 Å². The molecule has 33 heavy (non-hydrogen) atoms. The monoisotopic (exact) mass is 467 g/mol. The van der Waals surface area contributed by atoms with Crippen LogP contribution >= 0.6 is 0 Å². The molecule has 0 saturated heterocycles. The minimum absolute atomic E-state index is 0.108. The molecule has 172 valence electrons. The van der Waals surface area contributed by atoms with Crippen LogP contribution in [0.2, 0.25) is 0 Å². The Morgan fingerprint density at radius 2 is 1.48 bits per heavy atom. The van der Waals surface area contributed by atoms with Crippen LogP contribution in [0.1, 0.15) is 33.1 Å². The van der Waals surface area contributed by atoms with Crippen LogP contribution in [-0.4, -0.2) is 46.4 Å². The quantitative estimate of drug-likeness (QED) is 0.545. The first-order chi connectivity index (χ1) is 15.8. The highest BCUT2D eigenvalue weighted by Crippen LogP contribution is 2.47. The fourth-order valence-corrected chi connectivity index (χ4v) is 5.67. The molecule has 1 atom stereocenters. The molecule has 0 aromatic heterocycles. The smallest absolute Gasteiger partial charge is 0.244 e. The minimum Gasteiger partial charge on any atom is -0.496 e. The molecule has 3 aromatic carbocycles. The highest BCUT2D eigenvalue weighted by molar-refractivity contribution is 7.89. The molecule has 0 unspecified atom stereocenters. The maximum Gasteiger partial charge on any atom is 0.244 e. The number of rotatable bonds is 6. The van der Waals surface area contributed by atoms with Crippen LogP contribution in [-0.2, 0) is 10.0 Å². The first-order valence-electron chi connectivity index (χ1n) is 10.3. The van der Waals surface area contributed by atoms with Crippen LogP contribution in [0.25, 0.3) is 0 Å². The summed E-state index contributed by atoms with van der Waals surface area (Å²) in [6.45, 7) is 1.57. The molecule has 0 bridgehead atoms. The van der Waals surface area contributed by atoms with E-state index in [1.165, 1.54) is 25.6 Å². The SMILES string of the molecule is COc1cc(OC)c([C@@H]2c3ccccc3C(=O)CN2S(=O)(=O)c2ccc(C)cc2)c(OC)c1. The summed E-state index contributed by atoms with van der Waals surface area (Å²) in [5.41, 5.74) is 2.46. The lowest BCUT2D eigenvalue weighted by atomic mass is 9.88. The van der Waals surface area contributed by atoms with Crippen LogP contribution in [0, 0.1) is 6.92 Å². The molecule has 1 heterocycles. The molecular weight excluding hydrogens is 442 g/mol. The Morgan fingerprint density at radius 3 is 2.06 bits per heavy atom. The maximum atomic E-state index is 13.8. The lowest BCUT2D eigenvalue weighted by molar-refractivity contribution is 0.0938. The summed E-state index contributed by atoms with van der Waals surface area (Å²) in [7, 11) is 0.470. The lowest BCUT2D eigenvalue weighted by Gasteiger charge is -2.37. The van der Waals surface area contributed by atoms with Gasteiger partial charge < -0.3 is 14.2 Å². The van der Waals surface area contributed by atoms with Crippen molar-refractivity contribution in [1.82, 2.24) is 4.31 Å². The van der Waals surface area contributed by atoms with Crippen molar-refractivity contribution in [3.63, 3.8) is 0 Å². The number of ether oxygens (including phenoxy) is 3. The number of methoxy groups -OCH3 is 3. The van der Waals surface area contributed by atoms with Crippen molar-refractivity contribution in [2.24, 2.45) is 0 Å². The van der Waals surface area contributed by atoms with Crippen molar-refractivity contribution < 1.29 is 27.4 Å². The zero-order chi connectivity index (χ0) is 23.8. The summed E-state index contributed by atoms with van der Waals surface area (Å²) >= 11 is 0. The Kier molecular flexibility index (Phi) is 6.14. The van der Waals surface area contributed by atoms with E-state index in [1.807, 2.05) is 6.92 Å². The molecule has 4 rings (SSSR count). The number of nitrogens with zero attached hydrogens (tertiary/aromatic N) is 1. The van der Waals surface area contributed by atoms with Gasteiger partial charge in [-0.3, -0.25) is 4.79 Å². The first-order valence-corrected chi connectivity index (χ1v) is 11.8. The first kappa shape index (κ1) is 22.8. The molecule has 1 aliphatic heterocycles. The topological polar surface area (TPSA) is 82.1 Å². The summed E-state index contributed by atoms with van der Waals surface area (Å²) in [5.74, 6) is 1.01. The largest absolute Gasteiger partial charge is 0.496 e. The average molecular weight is 468 g/mol. The molecule has 8 heteroatoms. The van der Waals surface area contributed by atoms with E-state index in [0.29, 0.717) is 33.9 Å². The van der Waals surface area contributed by atoms with Crippen LogP contribution in [0.3, 0.4) is 0 Å². The van der Waals surface area contributed by atoms with E-state index in [1.54, 1.807) is 60.7 Å². The molecule has 0 amide bonds. The molecule has 0 N–H and O–H groups in total. The van der Waals surface area contributed by atoms with Gasteiger partial charge in [-0.05, 0) is 24.6 Å². The second-order valence-electron chi connectivity index (χ2n) is 7.72. The van der Waals surface area contributed by atoms with E-state index in [9.17, 15) is 13.2 Å². The summed E-state index contributed by atoms with van der Waals surface area (Å²) in [6, 6.07) is 16.1. The minimum atomic E-state index is -4.05. The second kappa shape index (κ2) is 8.88. The van der Waals surface area contributed by atoms with Gasteiger partial charge in [0.05, 0.1) is 44.4 Å². The van der Waals surface area contributed by atoms with E-state index in [2.05, 4.69) is 0 Å². The van der Waals surface area contributed by atoms with Gasteiger partial charge >= 0.3 is 0 Å². The van der Waals surface area contributed by atoms with Gasteiger partial charge in [-0.1, -0.05) is 42.0 Å². The number of aryl methyl sites for hydroxylation is 1. The Bertz CT molecular complexity index is 1280. The van der Waals surface area contributed by atoms with Gasteiger partial charge in [0.2, 0.25) is 10.0 Å². The molecule has 7 nitrogen and oxygen atoms in total. The Balaban J connectivity index is 2.01. The number of carbonyl (C=O) groups excluding carboxylic acids is 1. The van der Waals surface area contributed by atoms with E-state index >= 15 is 0 Å². The fraction of sp³-hybridized carbons (Fsp3) is 0.240. The Labute approximate surface area is 193 Å². The predicted molar refractivity (Wildman–Crippen MR) is 124 cm³/mol. The fourth-order valence-electron chi connectivity index (χ4n) is 4.13. The van der Waals surface area contributed by atoms with Crippen molar-refractivity contribution in [3.8, 4) is 17.2 Å². The van der Waals surface area contributed by atoms with Crippen LogP contribution in [0.5, 0.6) is 17.2 Å². The van der Waals surface area contributed by atoms with Crippen molar-refractivity contribution in [2.45, 2.75) is 17.9 Å². The molecule has 0 spiro atoms. The number of fused-ring (bicyclic) bond motifs is 1. The van der Waals surface area contributed by atoms with Gasteiger partial charge in [-0.15, -0.1) is 0 Å². The average Bonchev–Trinajstić information content (AvgIpc) is 2.83. The number of ketones is 1. The van der Waals surface area contributed by atoms with Crippen molar-refractivity contribution in [1.29, 1.82) is 0 Å².